The molecule has 0 aliphatic heterocycles. The van der Waals surface area contributed by atoms with E-state index in [1.807, 2.05) is 44.2 Å². The van der Waals surface area contributed by atoms with E-state index in [1.54, 1.807) is 37.3 Å². The smallest absolute Gasteiger partial charge is 0.408 e. The molecule has 0 aliphatic rings. The lowest BCUT2D eigenvalue weighted by Gasteiger charge is -2.23. The fraction of sp³-hybridized carbons (Fsp3) is 0.276. The Kier molecular flexibility index (Phi) is 7.77. The van der Waals surface area contributed by atoms with E-state index in [2.05, 4.69) is 5.32 Å². The average Bonchev–Trinajstić information content (AvgIpc) is 2.92. The fourth-order valence-corrected chi connectivity index (χ4v) is 4.06. The van der Waals surface area contributed by atoms with Crippen LogP contribution in [0.4, 0.5) is 4.79 Å². The van der Waals surface area contributed by atoms with Crippen LogP contribution in [0, 0.1) is 12.8 Å². The van der Waals surface area contributed by atoms with Crippen LogP contribution in [0.5, 0.6) is 11.5 Å². The molecule has 1 heterocycles. The van der Waals surface area contributed by atoms with E-state index < -0.39 is 23.7 Å². The summed E-state index contributed by atoms with van der Waals surface area (Å²) in [4.78, 5) is 38.3. The average molecular weight is 504 g/mol. The molecule has 3 aromatic carbocycles. The molecule has 0 radical (unpaired) electrons. The van der Waals surface area contributed by atoms with Crippen molar-refractivity contribution in [2.45, 2.75) is 39.8 Å². The highest BCUT2D eigenvalue weighted by Gasteiger charge is 2.29. The monoisotopic (exact) mass is 503 g/mol. The molecular weight excluding hydrogens is 474 g/mol. The Balaban J connectivity index is 1.56. The number of benzene rings is 3. The van der Waals surface area contributed by atoms with Crippen molar-refractivity contribution in [1.29, 1.82) is 0 Å². The number of nitrogens with one attached hydrogen (secondary N) is 1. The van der Waals surface area contributed by atoms with Gasteiger partial charge in [0.15, 0.2) is 0 Å². The molecule has 2 unspecified atom stereocenters. The van der Waals surface area contributed by atoms with Gasteiger partial charge in [0, 0.05) is 16.3 Å². The summed E-state index contributed by atoms with van der Waals surface area (Å²) < 4.78 is 21.8. The SMILES string of the molecule is CCC(C)C(NC(=O)OCc1ccccc1)C(=O)Oc1ccc2c(oc(=O)c3cc(OC)ccc32)c1C. The van der Waals surface area contributed by atoms with Crippen LogP contribution in [-0.4, -0.2) is 25.2 Å². The minimum absolute atomic E-state index is 0.0809. The van der Waals surface area contributed by atoms with Gasteiger partial charge in [-0.1, -0.05) is 50.6 Å². The molecular formula is C29H29NO7. The third-order valence-electron chi connectivity index (χ3n) is 6.45. The topological polar surface area (TPSA) is 104 Å². The van der Waals surface area contributed by atoms with Crippen molar-refractivity contribution in [2.24, 2.45) is 5.92 Å². The van der Waals surface area contributed by atoms with Crippen molar-refractivity contribution in [2.75, 3.05) is 7.11 Å². The highest BCUT2D eigenvalue weighted by molar-refractivity contribution is 6.06. The molecule has 0 bridgehead atoms. The summed E-state index contributed by atoms with van der Waals surface area (Å²) in [5, 5.41) is 4.44. The summed E-state index contributed by atoms with van der Waals surface area (Å²) in [5.41, 5.74) is 1.13. The van der Waals surface area contributed by atoms with Crippen LogP contribution in [0.2, 0.25) is 0 Å². The molecule has 4 aromatic rings. The zero-order chi connectivity index (χ0) is 26.5. The van der Waals surface area contributed by atoms with E-state index in [0.29, 0.717) is 39.5 Å². The van der Waals surface area contributed by atoms with Gasteiger partial charge < -0.3 is 23.9 Å². The normalized spacial score (nSPS) is 12.6. The lowest BCUT2D eigenvalue weighted by molar-refractivity contribution is -0.138. The van der Waals surface area contributed by atoms with Crippen molar-refractivity contribution < 1.29 is 28.2 Å². The van der Waals surface area contributed by atoms with Crippen LogP contribution in [0.25, 0.3) is 21.7 Å². The van der Waals surface area contributed by atoms with Crippen LogP contribution < -0.4 is 20.4 Å². The first-order valence-electron chi connectivity index (χ1n) is 12.1. The van der Waals surface area contributed by atoms with E-state index in [1.165, 1.54) is 7.11 Å². The summed E-state index contributed by atoms with van der Waals surface area (Å²) in [7, 11) is 1.53. The third kappa shape index (κ3) is 5.58. The summed E-state index contributed by atoms with van der Waals surface area (Å²) in [6, 6.07) is 16.9. The summed E-state index contributed by atoms with van der Waals surface area (Å²) in [5.74, 6) is -0.0655. The number of hydrogen-bond acceptors (Lipinski definition) is 7. The molecule has 0 saturated carbocycles. The number of aryl methyl sites for hydroxylation is 1. The Morgan fingerprint density at radius 3 is 2.43 bits per heavy atom. The van der Waals surface area contributed by atoms with Gasteiger partial charge in [-0.2, -0.15) is 0 Å². The van der Waals surface area contributed by atoms with Crippen LogP contribution >= 0.6 is 0 Å². The Hall–Kier alpha value is -4.33. The second-order valence-corrected chi connectivity index (χ2v) is 8.86. The first-order valence-corrected chi connectivity index (χ1v) is 12.1. The first kappa shape index (κ1) is 25.8. The number of alkyl carbamates (subject to hydrolysis) is 1. The molecule has 0 fully saturated rings. The number of carbonyl (C=O) groups is 2. The van der Waals surface area contributed by atoms with E-state index in [0.717, 1.165) is 5.56 Å². The van der Waals surface area contributed by atoms with Gasteiger partial charge in [-0.25, -0.2) is 14.4 Å². The van der Waals surface area contributed by atoms with Crippen molar-refractivity contribution >= 4 is 33.8 Å². The predicted octanol–water partition coefficient (Wildman–Crippen LogP) is 5.51. The zero-order valence-electron chi connectivity index (χ0n) is 21.2. The van der Waals surface area contributed by atoms with Crippen molar-refractivity contribution in [3.63, 3.8) is 0 Å². The highest BCUT2D eigenvalue weighted by Crippen LogP contribution is 2.32. The van der Waals surface area contributed by atoms with E-state index in [9.17, 15) is 14.4 Å². The number of rotatable bonds is 8. The van der Waals surface area contributed by atoms with Gasteiger partial charge in [-0.3, -0.25) is 0 Å². The second kappa shape index (κ2) is 11.2. The standard InChI is InChI=1S/C29H29NO7/c1-5-17(2)25(30-29(33)35-16-19-9-7-6-8-10-19)28(32)36-24-14-13-22-21-12-11-20(34-4)15-23(21)27(31)37-26(22)18(24)3/h6-15,17,25H,5,16H2,1-4H3,(H,30,33). The molecule has 4 rings (SSSR count). The molecule has 1 amide bonds. The number of methoxy groups -OCH3 is 1. The van der Waals surface area contributed by atoms with E-state index in [-0.39, 0.29) is 18.3 Å². The Morgan fingerprint density at radius 1 is 1.00 bits per heavy atom. The third-order valence-corrected chi connectivity index (χ3v) is 6.45. The zero-order valence-corrected chi connectivity index (χ0v) is 21.2. The minimum Gasteiger partial charge on any atom is -0.497 e. The van der Waals surface area contributed by atoms with E-state index in [4.69, 9.17) is 18.6 Å². The molecule has 1 N–H and O–H groups in total. The lowest BCUT2D eigenvalue weighted by Crippen LogP contribution is -2.47. The Morgan fingerprint density at radius 2 is 1.73 bits per heavy atom. The second-order valence-electron chi connectivity index (χ2n) is 8.86. The van der Waals surface area contributed by atoms with Crippen LogP contribution in [0.1, 0.15) is 31.4 Å². The Labute approximate surface area is 214 Å². The van der Waals surface area contributed by atoms with Gasteiger partial charge in [-0.15, -0.1) is 0 Å². The van der Waals surface area contributed by atoms with Gasteiger partial charge in [0.25, 0.3) is 0 Å². The molecule has 8 nitrogen and oxygen atoms in total. The number of fused-ring (bicyclic) bond motifs is 3. The molecule has 37 heavy (non-hydrogen) atoms. The molecule has 2 atom stereocenters. The fourth-order valence-electron chi connectivity index (χ4n) is 4.06. The van der Waals surface area contributed by atoms with Gasteiger partial charge >= 0.3 is 17.7 Å². The number of esters is 1. The van der Waals surface area contributed by atoms with Gasteiger partial charge in [0.05, 0.1) is 12.5 Å². The molecule has 1 aromatic heterocycles. The number of ether oxygens (including phenoxy) is 3. The highest BCUT2D eigenvalue weighted by atomic mass is 16.6. The lowest BCUT2D eigenvalue weighted by atomic mass is 9.99. The maximum absolute atomic E-state index is 13.2. The largest absolute Gasteiger partial charge is 0.497 e. The predicted molar refractivity (Wildman–Crippen MR) is 140 cm³/mol. The summed E-state index contributed by atoms with van der Waals surface area (Å²) in [6.45, 7) is 5.55. The molecule has 0 spiro atoms. The van der Waals surface area contributed by atoms with Gasteiger partial charge in [-0.05, 0) is 48.7 Å². The van der Waals surface area contributed by atoms with Crippen molar-refractivity contribution in [1.82, 2.24) is 5.32 Å². The molecule has 0 saturated heterocycles. The van der Waals surface area contributed by atoms with Crippen LogP contribution in [0.3, 0.4) is 0 Å². The number of carbonyl (C=O) groups excluding carboxylic acids is 2. The maximum atomic E-state index is 13.2. The number of hydrogen-bond donors (Lipinski definition) is 1. The van der Waals surface area contributed by atoms with Crippen molar-refractivity contribution in [3.05, 3.63) is 82.2 Å². The first-order chi connectivity index (χ1) is 17.8. The van der Waals surface area contributed by atoms with Crippen LogP contribution in [0.15, 0.2) is 69.9 Å². The molecule has 0 aliphatic carbocycles. The Bertz CT molecular complexity index is 1490. The molecule has 8 heteroatoms. The molecule has 192 valence electrons. The quantitative estimate of drug-likeness (QED) is 0.146. The maximum Gasteiger partial charge on any atom is 0.408 e. The summed E-state index contributed by atoms with van der Waals surface area (Å²) >= 11 is 0. The number of amides is 1. The van der Waals surface area contributed by atoms with E-state index >= 15 is 0 Å². The van der Waals surface area contributed by atoms with Gasteiger partial charge in [0.1, 0.15) is 29.7 Å². The van der Waals surface area contributed by atoms with Crippen LogP contribution in [-0.2, 0) is 16.1 Å². The van der Waals surface area contributed by atoms with Crippen molar-refractivity contribution in [3.8, 4) is 11.5 Å². The minimum atomic E-state index is -0.931. The van der Waals surface area contributed by atoms with Gasteiger partial charge in [0.2, 0.25) is 0 Å². The summed E-state index contributed by atoms with van der Waals surface area (Å²) in [6.07, 6.45) is -0.0889.